The third-order valence-electron chi connectivity index (χ3n) is 3.81. The van der Waals surface area contributed by atoms with Gasteiger partial charge in [-0.25, -0.2) is 0 Å². The number of fused-ring (bicyclic) bond motifs is 1. The van der Waals surface area contributed by atoms with E-state index in [9.17, 15) is 5.11 Å². The summed E-state index contributed by atoms with van der Waals surface area (Å²) >= 11 is 0. The van der Waals surface area contributed by atoms with Crippen LogP contribution in [0.15, 0.2) is 46.9 Å². The van der Waals surface area contributed by atoms with E-state index in [4.69, 9.17) is 4.42 Å². The summed E-state index contributed by atoms with van der Waals surface area (Å²) < 4.78 is 5.75. The summed E-state index contributed by atoms with van der Waals surface area (Å²) in [6.07, 6.45) is -0.653. The van der Waals surface area contributed by atoms with E-state index < -0.39 is 6.10 Å². The van der Waals surface area contributed by atoms with Crippen LogP contribution in [0.2, 0.25) is 0 Å². The average Bonchev–Trinajstić information content (AvgIpc) is 2.73. The molecule has 1 aromatic heterocycles. The molecule has 1 unspecified atom stereocenters. The normalized spacial score (nSPS) is 12.8. The Morgan fingerprint density at radius 3 is 2.50 bits per heavy atom. The summed E-state index contributed by atoms with van der Waals surface area (Å²) in [6.45, 7) is 5.99. The predicted molar refractivity (Wildman–Crippen MR) is 80.9 cm³/mol. The van der Waals surface area contributed by atoms with Gasteiger partial charge >= 0.3 is 0 Å². The van der Waals surface area contributed by atoms with Gasteiger partial charge in [0.25, 0.3) is 0 Å². The number of para-hydroxylation sites is 1. The molecule has 2 aromatic carbocycles. The molecule has 0 bridgehead atoms. The molecule has 2 heteroatoms. The van der Waals surface area contributed by atoms with Crippen LogP contribution in [0.4, 0.5) is 0 Å². The zero-order chi connectivity index (χ0) is 14.3. The number of aliphatic hydroxyl groups is 1. The van der Waals surface area contributed by atoms with E-state index in [0.29, 0.717) is 0 Å². The number of furan rings is 1. The maximum Gasteiger partial charge on any atom is 0.134 e. The Bertz CT molecular complexity index is 768. The lowest BCUT2D eigenvalue weighted by Gasteiger charge is -2.14. The first kappa shape index (κ1) is 12.9. The van der Waals surface area contributed by atoms with Crippen molar-refractivity contribution >= 4 is 11.0 Å². The average molecular weight is 266 g/mol. The largest absolute Gasteiger partial charge is 0.461 e. The maximum absolute atomic E-state index is 10.8. The van der Waals surface area contributed by atoms with Crippen LogP contribution in [-0.2, 0) is 0 Å². The lowest BCUT2D eigenvalue weighted by Crippen LogP contribution is -2.03. The van der Waals surface area contributed by atoms with Gasteiger partial charge in [0.05, 0.1) is 0 Å². The molecule has 1 N–H and O–H groups in total. The van der Waals surface area contributed by atoms with Gasteiger partial charge in [0.15, 0.2) is 0 Å². The van der Waals surface area contributed by atoms with E-state index in [1.54, 1.807) is 0 Å². The van der Waals surface area contributed by atoms with Crippen molar-refractivity contribution in [3.63, 3.8) is 0 Å². The first-order valence-corrected chi connectivity index (χ1v) is 6.81. The maximum atomic E-state index is 10.8. The third kappa shape index (κ3) is 2.02. The summed E-state index contributed by atoms with van der Waals surface area (Å²) in [7, 11) is 0. The van der Waals surface area contributed by atoms with Gasteiger partial charge in [0.1, 0.15) is 17.4 Å². The Kier molecular flexibility index (Phi) is 3.11. The fraction of sp³-hybridized carbons (Fsp3) is 0.222. The molecule has 0 aliphatic heterocycles. The second-order valence-electron chi connectivity index (χ2n) is 5.33. The number of benzene rings is 2. The molecule has 0 amide bonds. The molecule has 0 aliphatic rings. The van der Waals surface area contributed by atoms with Gasteiger partial charge in [-0.3, -0.25) is 0 Å². The fourth-order valence-corrected chi connectivity index (χ4v) is 2.82. The predicted octanol–water partition coefficient (Wildman–Crippen LogP) is 4.44. The molecule has 3 rings (SSSR count). The second kappa shape index (κ2) is 4.80. The van der Waals surface area contributed by atoms with E-state index in [1.807, 2.05) is 50.2 Å². The SMILES string of the molecule is Cc1ccc(C(O)c2c(C)oc3ccccc23)c(C)c1. The van der Waals surface area contributed by atoms with Crippen LogP contribution < -0.4 is 0 Å². The lowest BCUT2D eigenvalue weighted by molar-refractivity contribution is 0.218. The zero-order valence-electron chi connectivity index (χ0n) is 12.0. The molecule has 1 heterocycles. The molecule has 0 aliphatic carbocycles. The molecule has 0 saturated carbocycles. The lowest BCUT2D eigenvalue weighted by atomic mass is 9.94. The summed E-state index contributed by atoms with van der Waals surface area (Å²) in [6, 6.07) is 14.0. The van der Waals surface area contributed by atoms with Gasteiger partial charge in [0, 0.05) is 10.9 Å². The summed E-state index contributed by atoms with van der Waals surface area (Å²) in [5.41, 5.74) is 4.93. The number of hydrogen-bond donors (Lipinski definition) is 1. The van der Waals surface area contributed by atoms with Crippen LogP contribution in [0.3, 0.4) is 0 Å². The van der Waals surface area contributed by atoms with Crippen molar-refractivity contribution in [2.45, 2.75) is 26.9 Å². The fourth-order valence-electron chi connectivity index (χ4n) is 2.82. The third-order valence-corrected chi connectivity index (χ3v) is 3.81. The Balaban J connectivity index is 2.17. The molecule has 0 radical (unpaired) electrons. The monoisotopic (exact) mass is 266 g/mol. The van der Waals surface area contributed by atoms with Crippen LogP contribution in [-0.4, -0.2) is 5.11 Å². The van der Waals surface area contributed by atoms with Crippen molar-refractivity contribution < 1.29 is 9.52 Å². The molecule has 0 saturated heterocycles. The molecular formula is C18H18O2. The minimum atomic E-state index is -0.653. The van der Waals surface area contributed by atoms with E-state index in [-0.39, 0.29) is 0 Å². The Labute approximate surface area is 118 Å². The quantitative estimate of drug-likeness (QED) is 0.744. The number of rotatable bonds is 2. The Morgan fingerprint density at radius 2 is 1.75 bits per heavy atom. The Morgan fingerprint density at radius 1 is 1.00 bits per heavy atom. The van der Waals surface area contributed by atoms with Crippen LogP contribution in [0.25, 0.3) is 11.0 Å². The first-order valence-electron chi connectivity index (χ1n) is 6.81. The van der Waals surface area contributed by atoms with Crippen LogP contribution in [0.1, 0.15) is 34.1 Å². The van der Waals surface area contributed by atoms with Gasteiger partial charge in [-0.05, 0) is 38.0 Å². The number of aliphatic hydroxyl groups excluding tert-OH is 1. The number of aryl methyl sites for hydroxylation is 3. The van der Waals surface area contributed by atoms with Crippen LogP contribution in [0, 0.1) is 20.8 Å². The van der Waals surface area contributed by atoms with Gasteiger partial charge in [0.2, 0.25) is 0 Å². The van der Waals surface area contributed by atoms with Crippen molar-refractivity contribution in [1.82, 2.24) is 0 Å². The highest BCUT2D eigenvalue weighted by atomic mass is 16.3. The minimum Gasteiger partial charge on any atom is -0.461 e. The highest BCUT2D eigenvalue weighted by Crippen LogP contribution is 2.35. The molecule has 0 spiro atoms. The molecule has 3 aromatic rings. The molecule has 1 atom stereocenters. The molecule has 2 nitrogen and oxygen atoms in total. The first-order chi connectivity index (χ1) is 9.58. The smallest absolute Gasteiger partial charge is 0.134 e. The van der Waals surface area contributed by atoms with Crippen molar-refractivity contribution in [3.8, 4) is 0 Å². The van der Waals surface area contributed by atoms with Crippen LogP contribution >= 0.6 is 0 Å². The van der Waals surface area contributed by atoms with Crippen molar-refractivity contribution in [2.24, 2.45) is 0 Å². The van der Waals surface area contributed by atoms with Gasteiger partial charge < -0.3 is 9.52 Å². The van der Waals surface area contributed by atoms with Gasteiger partial charge in [-0.1, -0.05) is 42.0 Å². The van der Waals surface area contributed by atoms with E-state index in [1.165, 1.54) is 5.56 Å². The summed E-state index contributed by atoms with van der Waals surface area (Å²) in [5, 5.41) is 11.8. The second-order valence-corrected chi connectivity index (χ2v) is 5.33. The molecule has 102 valence electrons. The Hall–Kier alpha value is -2.06. The van der Waals surface area contributed by atoms with E-state index in [0.717, 1.165) is 33.4 Å². The highest BCUT2D eigenvalue weighted by Gasteiger charge is 2.21. The summed E-state index contributed by atoms with van der Waals surface area (Å²) in [4.78, 5) is 0. The molecule has 0 fully saturated rings. The molecular weight excluding hydrogens is 248 g/mol. The molecule has 20 heavy (non-hydrogen) atoms. The van der Waals surface area contributed by atoms with Crippen molar-refractivity contribution in [1.29, 1.82) is 0 Å². The van der Waals surface area contributed by atoms with Crippen molar-refractivity contribution in [2.75, 3.05) is 0 Å². The highest BCUT2D eigenvalue weighted by molar-refractivity contribution is 5.83. The standard InChI is InChI=1S/C18H18O2/c1-11-8-9-14(12(2)10-11)18(19)17-13(3)20-16-7-5-4-6-15(16)17/h4-10,18-19H,1-3H3. The number of hydrogen-bond acceptors (Lipinski definition) is 2. The van der Waals surface area contributed by atoms with Crippen molar-refractivity contribution in [3.05, 3.63) is 70.5 Å². The summed E-state index contributed by atoms with van der Waals surface area (Å²) in [5.74, 6) is 0.777. The van der Waals surface area contributed by atoms with Crippen LogP contribution in [0.5, 0.6) is 0 Å². The van der Waals surface area contributed by atoms with Gasteiger partial charge in [-0.2, -0.15) is 0 Å². The van der Waals surface area contributed by atoms with E-state index >= 15 is 0 Å². The topological polar surface area (TPSA) is 33.4 Å². The van der Waals surface area contributed by atoms with E-state index in [2.05, 4.69) is 13.0 Å². The van der Waals surface area contributed by atoms with Gasteiger partial charge in [-0.15, -0.1) is 0 Å². The minimum absolute atomic E-state index is 0.653. The zero-order valence-corrected chi connectivity index (χ0v) is 12.0.